The highest BCUT2D eigenvalue weighted by molar-refractivity contribution is 9.10. The minimum absolute atomic E-state index is 0.110. The highest BCUT2D eigenvalue weighted by Gasteiger charge is 2.15. The molecule has 0 aliphatic heterocycles. The van der Waals surface area contributed by atoms with Gasteiger partial charge >= 0.3 is 0 Å². The summed E-state index contributed by atoms with van der Waals surface area (Å²) >= 11 is 3.33. The standard InChI is InChI=1S/C14H11BrN2O4/c1-8-3-2-4-10(13(8)15)14(19)16-11-6-5-9(17(20)21)7-12(11)18/h2-7,18H,1H3,(H,16,19). The Morgan fingerprint density at radius 2 is 2.05 bits per heavy atom. The third-order valence-corrected chi connectivity index (χ3v) is 3.93. The van der Waals surface area contributed by atoms with Crippen molar-refractivity contribution in [3.63, 3.8) is 0 Å². The number of hydrogen-bond acceptors (Lipinski definition) is 4. The quantitative estimate of drug-likeness (QED) is 0.502. The van der Waals surface area contributed by atoms with Gasteiger partial charge in [0.15, 0.2) is 0 Å². The second-order valence-electron chi connectivity index (χ2n) is 4.35. The van der Waals surface area contributed by atoms with Gasteiger partial charge in [-0.25, -0.2) is 0 Å². The molecule has 0 aromatic heterocycles. The molecular formula is C14H11BrN2O4. The summed E-state index contributed by atoms with van der Waals surface area (Å²) in [5.74, 6) is -0.781. The summed E-state index contributed by atoms with van der Waals surface area (Å²) in [7, 11) is 0. The number of phenols is 1. The molecule has 0 aliphatic carbocycles. The largest absolute Gasteiger partial charge is 0.506 e. The van der Waals surface area contributed by atoms with Gasteiger partial charge in [-0.2, -0.15) is 0 Å². The molecule has 108 valence electrons. The number of anilines is 1. The maximum Gasteiger partial charge on any atom is 0.273 e. The molecule has 7 heteroatoms. The zero-order chi connectivity index (χ0) is 15.6. The van der Waals surface area contributed by atoms with Crippen LogP contribution in [0.5, 0.6) is 5.75 Å². The molecule has 2 aromatic carbocycles. The predicted octanol–water partition coefficient (Wildman–Crippen LogP) is 3.62. The number of nitrogens with one attached hydrogen (secondary N) is 1. The van der Waals surface area contributed by atoms with E-state index in [2.05, 4.69) is 21.2 Å². The maximum atomic E-state index is 12.2. The van der Waals surface area contributed by atoms with Gasteiger partial charge in [0, 0.05) is 10.5 Å². The number of phenolic OH excluding ortho intramolecular Hbond substituents is 1. The molecule has 0 heterocycles. The van der Waals surface area contributed by atoms with Gasteiger partial charge in [-0.1, -0.05) is 12.1 Å². The first-order valence-electron chi connectivity index (χ1n) is 5.94. The third-order valence-electron chi connectivity index (χ3n) is 2.88. The molecule has 2 aromatic rings. The molecule has 0 spiro atoms. The van der Waals surface area contributed by atoms with Crippen LogP contribution in [0.3, 0.4) is 0 Å². The van der Waals surface area contributed by atoms with Crippen LogP contribution in [0.4, 0.5) is 11.4 Å². The molecule has 0 unspecified atom stereocenters. The van der Waals surface area contributed by atoms with Gasteiger partial charge in [0.1, 0.15) is 5.75 Å². The lowest BCUT2D eigenvalue weighted by Gasteiger charge is -2.09. The van der Waals surface area contributed by atoms with Crippen LogP contribution in [0.15, 0.2) is 40.9 Å². The number of nitrogens with zero attached hydrogens (tertiary/aromatic N) is 1. The highest BCUT2D eigenvalue weighted by atomic mass is 79.9. The van der Waals surface area contributed by atoms with Gasteiger partial charge in [-0.15, -0.1) is 0 Å². The van der Waals surface area contributed by atoms with Crippen LogP contribution in [-0.4, -0.2) is 15.9 Å². The molecular weight excluding hydrogens is 340 g/mol. The lowest BCUT2D eigenvalue weighted by atomic mass is 10.1. The first kappa shape index (κ1) is 15.0. The van der Waals surface area contributed by atoms with Crippen LogP contribution in [0.1, 0.15) is 15.9 Å². The van der Waals surface area contributed by atoms with E-state index in [9.17, 15) is 20.0 Å². The zero-order valence-electron chi connectivity index (χ0n) is 11.0. The minimum Gasteiger partial charge on any atom is -0.506 e. The Morgan fingerprint density at radius 1 is 1.33 bits per heavy atom. The summed E-state index contributed by atoms with van der Waals surface area (Å²) in [6.45, 7) is 1.85. The fourth-order valence-electron chi connectivity index (χ4n) is 1.75. The van der Waals surface area contributed by atoms with Crippen molar-refractivity contribution in [3.8, 4) is 5.75 Å². The van der Waals surface area contributed by atoms with E-state index in [0.717, 1.165) is 11.6 Å². The number of carbonyl (C=O) groups is 1. The first-order chi connectivity index (χ1) is 9.90. The molecule has 0 saturated carbocycles. The normalized spacial score (nSPS) is 10.2. The summed E-state index contributed by atoms with van der Waals surface area (Å²) in [6.07, 6.45) is 0. The predicted molar refractivity (Wildman–Crippen MR) is 81.6 cm³/mol. The molecule has 2 N–H and O–H groups in total. The Kier molecular flexibility index (Phi) is 4.23. The second kappa shape index (κ2) is 5.92. The van der Waals surface area contributed by atoms with E-state index in [1.807, 2.05) is 13.0 Å². The monoisotopic (exact) mass is 350 g/mol. The van der Waals surface area contributed by atoms with Crippen LogP contribution < -0.4 is 5.32 Å². The van der Waals surface area contributed by atoms with Gasteiger partial charge < -0.3 is 10.4 Å². The lowest BCUT2D eigenvalue weighted by Crippen LogP contribution is -2.13. The number of hydrogen-bond donors (Lipinski definition) is 2. The van der Waals surface area contributed by atoms with Crippen LogP contribution in [0.2, 0.25) is 0 Å². The lowest BCUT2D eigenvalue weighted by molar-refractivity contribution is -0.384. The first-order valence-corrected chi connectivity index (χ1v) is 6.73. The van der Waals surface area contributed by atoms with Crippen molar-refractivity contribution in [1.82, 2.24) is 0 Å². The van der Waals surface area contributed by atoms with Gasteiger partial charge in [0.2, 0.25) is 0 Å². The summed E-state index contributed by atoms with van der Waals surface area (Å²) in [5, 5.41) is 22.8. The zero-order valence-corrected chi connectivity index (χ0v) is 12.5. The molecule has 1 amide bonds. The average molecular weight is 351 g/mol. The number of halogens is 1. The Hall–Kier alpha value is -2.41. The van der Waals surface area contributed by atoms with Crippen molar-refractivity contribution in [3.05, 3.63) is 62.1 Å². The summed E-state index contributed by atoms with van der Waals surface area (Å²) in [5.41, 5.74) is 1.17. The molecule has 0 fully saturated rings. The average Bonchev–Trinajstić information content (AvgIpc) is 2.43. The van der Waals surface area contributed by atoms with E-state index in [-0.39, 0.29) is 17.1 Å². The van der Waals surface area contributed by atoms with E-state index in [1.54, 1.807) is 12.1 Å². The Labute approximate surface area is 128 Å². The van der Waals surface area contributed by atoms with Crippen molar-refractivity contribution in [2.45, 2.75) is 6.92 Å². The van der Waals surface area contributed by atoms with Crippen LogP contribution in [0.25, 0.3) is 0 Å². The van der Waals surface area contributed by atoms with Gasteiger partial charge in [-0.3, -0.25) is 14.9 Å². The number of nitro benzene ring substituents is 1. The maximum absolute atomic E-state index is 12.2. The van der Waals surface area contributed by atoms with Crippen LogP contribution in [0, 0.1) is 17.0 Å². The Bertz CT molecular complexity index is 731. The number of aryl methyl sites for hydroxylation is 1. The molecule has 0 saturated heterocycles. The van der Waals surface area contributed by atoms with Crippen LogP contribution in [-0.2, 0) is 0 Å². The van der Waals surface area contributed by atoms with Gasteiger partial charge in [0.25, 0.3) is 11.6 Å². The van der Waals surface area contributed by atoms with Crippen molar-refractivity contribution in [2.24, 2.45) is 0 Å². The number of aromatic hydroxyl groups is 1. The SMILES string of the molecule is Cc1cccc(C(=O)Nc2ccc([N+](=O)[O-])cc2O)c1Br. The molecule has 0 aliphatic rings. The van der Waals surface area contributed by atoms with E-state index in [1.165, 1.54) is 12.1 Å². The number of nitro groups is 1. The molecule has 0 atom stereocenters. The second-order valence-corrected chi connectivity index (χ2v) is 5.14. The molecule has 21 heavy (non-hydrogen) atoms. The fraction of sp³-hybridized carbons (Fsp3) is 0.0714. The Balaban J connectivity index is 2.28. The molecule has 2 rings (SSSR count). The number of carbonyl (C=O) groups excluding carboxylic acids is 1. The number of amides is 1. The number of benzene rings is 2. The fourth-order valence-corrected chi connectivity index (χ4v) is 2.20. The van der Waals surface area contributed by atoms with Gasteiger partial charge in [-0.05, 0) is 40.5 Å². The molecule has 6 nitrogen and oxygen atoms in total. The number of non-ortho nitro benzene ring substituents is 1. The highest BCUT2D eigenvalue weighted by Crippen LogP contribution is 2.29. The van der Waals surface area contributed by atoms with Crippen LogP contribution >= 0.6 is 15.9 Å². The van der Waals surface area contributed by atoms with E-state index >= 15 is 0 Å². The molecule has 0 radical (unpaired) electrons. The van der Waals surface area contributed by atoms with Crippen molar-refractivity contribution in [2.75, 3.05) is 5.32 Å². The van der Waals surface area contributed by atoms with E-state index in [4.69, 9.17) is 0 Å². The van der Waals surface area contributed by atoms with Crippen molar-refractivity contribution >= 4 is 33.2 Å². The van der Waals surface area contributed by atoms with Crippen molar-refractivity contribution < 1.29 is 14.8 Å². The van der Waals surface area contributed by atoms with E-state index in [0.29, 0.717) is 10.0 Å². The Morgan fingerprint density at radius 3 is 2.67 bits per heavy atom. The summed E-state index contributed by atoms with van der Waals surface area (Å²) in [4.78, 5) is 22.1. The van der Waals surface area contributed by atoms with Crippen molar-refractivity contribution in [1.29, 1.82) is 0 Å². The smallest absolute Gasteiger partial charge is 0.273 e. The minimum atomic E-state index is -0.623. The molecule has 0 bridgehead atoms. The topological polar surface area (TPSA) is 92.5 Å². The summed E-state index contributed by atoms with van der Waals surface area (Å²) < 4.78 is 0.656. The van der Waals surface area contributed by atoms with E-state index < -0.39 is 10.8 Å². The third kappa shape index (κ3) is 3.19. The number of rotatable bonds is 3. The summed E-state index contributed by atoms with van der Waals surface area (Å²) in [6, 6.07) is 8.71. The van der Waals surface area contributed by atoms with Gasteiger partial charge in [0.05, 0.1) is 22.2 Å².